The molecule has 1 aromatic heterocycles. The quantitative estimate of drug-likeness (QED) is 0.338. The minimum absolute atomic E-state index is 0.225. The number of nitrogens with zero attached hydrogens (tertiary/aromatic N) is 1. The lowest BCUT2D eigenvalue weighted by Gasteiger charge is -2.17. The summed E-state index contributed by atoms with van der Waals surface area (Å²) in [5.41, 5.74) is 0.113. The van der Waals surface area contributed by atoms with E-state index in [4.69, 9.17) is 9.47 Å². The summed E-state index contributed by atoms with van der Waals surface area (Å²) in [5, 5.41) is 2.76. The van der Waals surface area contributed by atoms with Crippen molar-refractivity contribution in [2.24, 2.45) is 5.92 Å². The predicted molar refractivity (Wildman–Crippen MR) is 132 cm³/mol. The van der Waals surface area contributed by atoms with Gasteiger partial charge < -0.3 is 9.47 Å². The molecule has 0 unspecified atom stereocenters. The van der Waals surface area contributed by atoms with Crippen molar-refractivity contribution in [2.45, 2.75) is 119 Å². The molecule has 0 aliphatic heterocycles. The van der Waals surface area contributed by atoms with Crippen molar-refractivity contribution in [3.05, 3.63) is 16.1 Å². The average Bonchev–Trinajstić information content (AvgIpc) is 3.11. The first-order chi connectivity index (χ1) is 14.5. The maximum Gasteiger partial charge on any atom is 0.357 e. The van der Waals surface area contributed by atoms with Crippen LogP contribution in [0.4, 0.5) is 0 Å². The SMILES string of the molecule is CC(=O)OC(C)(C)C.CCCC(CCC)CCC.CCCc1nc(C(=O)OCC)cs1. The Hall–Kier alpha value is -1.43. The van der Waals surface area contributed by atoms with E-state index in [0.29, 0.717) is 12.3 Å². The van der Waals surface area contributed by atoms with Crippen molar-refractivity contribution in [3.8, 4) is 0 Å². The number of ether oxygens (including phenoxy) is 2. The molecule has 5 nitrogen and oxygen atoms in total. The molecule has 0 saturated heterocycles. The first-order valence-corrected chi connectivity index (χ1v) is 12.7. The van der Waals surface area contributed by atoms with Gasteiger partial charge in [-0.25, -0.2) is 9.78 Å². The molecule has 0 saturated carbocycles. The van der Waals surface area contributed by atoms with Crippen LogP contribution in [0.2, 0.25) is 0 Å². The van der Waals surface area contributed by atoms with Crippen LogP contribution in [0.25, 0.3) is 0 Å². The molecule has 6 heteroatoms. The number of hydrogen-bond acceptors (Lipinski definition) is 6. The maximum atomic E-state index is 11.2. The van der Waals surface area contributed by atoms with Crippen LogP contribution in [0, 0.1) is 5.92 Å². The van der Waals surface area contributed by atoms with Crippen LogP contribution in [0.5, 0.6) is 0 Å². The van der Waals surface area contributed by atoms with E-state index in [1.54, 1.807) is 12.3 Å². The van der Waals surface area contributed by atoms with Crippen LogP contribution in [0.1, 0.15) is 123 Å². The minimum Gasteiger partial charge on any atom is -0.461 e. The van der Waals surface area contributed by atoms with Gasteiger partial charge in [0, 0.05) is 12.3 Å². The number of carbonyl (C=O) groups is 2. The zero-order chi connectivity index (χ0) is 24.3. The fourth-order valence-corrected chi connectivity index (χ4v) is 3.90. The van der Waals surface area contributed by atoms with Crippen LogP contribution in [-0.2, 0) is 20.7 Å². The lowest BCUT2D eigenvalue weighted by atomic mass is 9.94. The fourth-order valence-electron chi connectivity index (χ4n) is 3.03. The third-order valence-electron chi connectivity index (χ3n) is 4.04. The summed E-state index contributed by atoms with van der Waals surface area (Å²) in [6, 6.07) is 0. The third kappa shape index (κ3) is 20.2. The van der Waals surface area contributed by atoms with Crippen LogP contribution in [0.3, 0.4) is 0 Å². The van der Waals surface area contributed by atoms with E-state index in [1.807, 2.05) is 20.8 Å². The van der Waals surface area contributed by atoms with Gasteiger partial charge in [0.1, 0.15) is 5.60 Å². The maximum absolute atomic E-state index is 11.2. The molecule has 0 spiro atoms. The number of carbonyl (C=O) groups excluding carboxylic acids is 2. The number of aromatic nitrogens is 1. The summed E-state index contributed by atoms with van der Waals surface area (Å²) < 4.78 is 9.62. The second-order valence-electron chi connectivity index (χ2n) is 8.54. The van der Waals surface area contributed by atoms with Crippen LogP contribution in [-0.4, -0.2) is 29.1 Å². The van der Waals surface area contributed by atoms with Crippen molar-refractivity contribution in [3.63, 3.8) is 0 Å². The number of rotatable bonds is 10. The molecular weight excluding hydrogens is 410 g/mol. The summed E-state index contributed by atoms with van der Waals surface area (Å²) in [6.07, 6.45) is 10.4. The van der Waals surface area contributed by atoms with E-state index < -0.39 is 0 Å². The van der Waals surface area contributed by atoms with Crippen LogP contribution >= 0.6 is 11.3 Å². The van der Waals surface area contributed by atoms with Gasteiger partial charge in [-0.05, 0) is 46.5 Å². The summed E-state index contributed by atoms with van der Waals surface area (Å²) in [5.74, 6) is 0.485. The highest BCUT2D eigenvalue weighted by Crippen LogP contribution is 2.18. The van der Waals surface area contributed by atoms with Crippen molar-refractivity contribution in [1.82, 2.24) is 4.98 Å². The van der Waals surface area contributed by atoms with E-state index >= 15 is 0 Å². The Morgan fingerprint density at radius 2 is 1.48 bits per heavy atom. The normalized spacial score (nSPS) is 10.5. The fraction of sp³-hybridized carbons (Fsp3) is 0.800. The summed E-state index contributed by atoms with van der Waals surface area (Å²) in [7, 11) is 0. The largest absolute Gasteiger partial charge is 0.461 e. The molecule has 0 fully saturated rings. The zero-order valence-corrected chi connectivity index (χ0v) is 22.3. The smallest absolute Gasteiger partial charge is 0.357 e. The average molecular weight is 458 g/mol. The molecule has 182 valence electrons. The van der Waals surface area contributed by atoms with Gasteiger partial charge in [0.2, 0.25) is 0 Å². The Labute approximate surface area is 195 Å². The molecule has 0 aliphatic carbocycles. The number of hydrogen-bond donors (Lipinski definition) is 0. The standard InChI is InChI=1S/C10H22.C9H13NO2S.C6H12O2/c1-4-7-10(8-5-2)9-6-3;1-3-5-8-10-7(6-13-8)9(11)12-4-2;1-5(7)8-6(2,3)4/h10H,4-9H2,1-3H3;6H,3-5H2,1-2H3;1-4H3. The third-order valence-corrected chi connectivity index (χ3v) is 4.95. The summed E-state index contributed by atoms with van der Waals surface area (Å²) in [4.78, 5) is 25.6. The highest BCUT2D eigenvalue weighted by Gasteiger charge is 2.12. The van der Waals surface area contributed by atoms with Crippen molar-refractivity contribution in [2.75, 3.05) is 6.61 Å². The van der Waals surface area contributed by atoms with Gasteiger partial charge in [-0.3, -0.25) is 4.79 Å². The molecular formula is C25H47NO4S. The van der Waals surface area contributed by atoms with Gasteiger partial charge >= 0.3 is 11.9 Å². The monoisotopic (exact) mass is 457 g/mol. The van der Waals surface area contributed by atoms with Crippen molar-refractivity contribution in [1.29, 1.82) is 0 Å². The molecule has 1 heterocycles. The van der Waals surface area contributed by atoms with Gasteiger partial charge in [-0.2, -0.15) is 0 Å². The Balaban J connectivity index is 0. The highest BCUT2D eigenvalue weighted by molar-refractivity contribution is 7.09. The van der Waals surface area contributed by atoms with Crippen LogP contribution < -0.4 is 0 Å². The van der Waals surface area contributed by atoms with E-state index in [0.717, 1.165) is 23.8 Å². The van der Waals surface area contributed by atoms with Crippen LogP contribution in [0.15, 0.2) is 5.38 Å². The predicted octanol–water partition coefficient (Wildman–Crippen LogP) is 7.62. The van der Waals surface area contributed by atoms with Crippen molar-refractivity contribution >= 4 is 23.3 Å². The number of thiazole rings is 1. The van der Waals surface area contributed by atoms with Crippen molar-refractivity contribution < 1.29 is 19.1 Å². The lowest BCUT2D eigenvalue weighted by Crippen LogP contribution is -2.21. The minimum atomic E-state index is -0.328. The Kier molecular flexibility index (Phi) is 19.7. The molecule has 0 amide bonds. The molecule has 0 atom stereocenters. The summed E-state index contributed by atoms with van der Waals surface area (Å²) >= 11 is 1.52. The molecule has 0 radical (unpaired) electrons. The number of esters is 2. The Morgan fingerprint density at radius 1 is 0.968 bits per heavy atom. The first kappa shape index (κ1) is 31.8. The van der Waals surface area contributed by atoms with Gasteiger partial charge in [-0.15, -0.1) is 11.3 Å². The summed E-state index contributed by atoms with van der Waals surface area (Å²) in [6.45, 7) is 18.1. The molecule has 0 aliphatic rings. The topological polar surface area (TPSA) is 65.5 Å². The molecule has 1 aromatic rings. The van der Waals surface area contributed by atoms with E-state index in [1.165, 1.54) is 56.8 Å². The molecule has 0 N–H and O–H groups in total. The van der Waals surface area contributed by atoms with E-state index in [2.05, 4.69) is 32.7 Å². The van der Waals surface area contributed by atoms with E-state index in [9.17, 15) is 9.59 Å². The zero-order valence-electron chi connectivity index (χ0n) is 21.5. The number of aryl methyl sites for hydroxylation is 1. The molecule has 31 heavy (non-hydrogen) atoms. The highest BCUT2D eigenvalue weighted by atomic mass is 32.1. The molecule has 0 aromatic carbocycles. The van der Waals surface area contributed by atoms with Gasteiger partial charge in [0.15, 0.2) is 5.69 Å². The van der Waals surface area contributed by atoms with E-state index in [-0.39, 0.29) is 17.5 Å². The second-order valence-corrected chi connectivity index (χ2v) is 9.48. The molecule has 0 bridgehead atoms. The lowest BCUT2D eigenvalue weighted by molar-refractivity contribution is -0.151. The Bertz CT molecular complexity index is 564. The Morgan fingerprint density at radius 3 is 1.81 bits per heavy atom. The van der Waals surface area contributed by atoms with Gasteiger partial charge in [0.25, 0.3) is 0 Å². The van der Waals surface area contributed by atoms with Gasteiger partial charge in [-0.1, -0.05) is 66.2 Å². The van der Waals surface area contributed by atoms with Gasteiger partial charge in [0.05, 0.1) is 11.6 Å². The first-order valence-electron chi connectivity index (χ1n) is 11.8. The second kappa shape index (κ2) is 19.3. The molecule has 1 rings (SSSR count).